The highest BCUT2D eigenvalue weighted by Gasteiger charge is 2.42. The SMILES string of the molecule is CNC(=O)c1ccc(NC(=O)COC(=O)[C@@H]2CC(=O)N([C@@H]3CCC[C@@H](C)[C@H]3C)C2)cc1. The number of amides is 3. The second-order valence-corrected chi connectivity index (χ2v) is 8.59. The molecule has 31 heavy (non-hydrogen) atoms. The number of ether oxygens (including phenoxy) is 1. The van der Waals surface area contributed by atoms with E-state index >= 15 is 0 Å². The van der Waals surface area contributed by atoms with E-state index in [4.69, 9.17) is 4.74 Å². The maximum Gasteiger partial charge on any atom is 0.311 e. The minimum Gasteiger partial charge on any atom is -0.455 e. The lowest BCUT2D eigenvalue weighted by molar-refractivity contribution is -0.151. The zero-order valence-corrected chi connectivity index (χ0v) is 18.3. The molecule has 1 heterocycles. The molecule has 1 aromatic rings. The minimum absolute atomic E-state index is 0.00597. The monoisotopic (exact) mass is 429 g/mol. The fourth-order valence-electron chi connectivity index (χ4n) is 4.50. The van der Waals surface area contributed by atoms with E-state index in [1.165, 1.54) is 6.42 Å². The lowest BCUT2D eigenvalue weighted by Crippen LogP contribution is -2.45. The molecule has 0 spiro atoms. The topological polar surface area (TPSA) is 105 Å². The van der Waals surface area contributed by atoms with Crippen LogP contribution in [0.2, 0.25) is 0 Å². The number of nitrogens with one attached hydrogen (secondary N) is 2. The van der Waals surface area contributed by atoms with Crippen LogP contribution in [0, 0.1) is 17.8 Å². The average Bonchev–Trinajstić information content (AvgIpc) is 3.15. The van der Waals surface area contributed by atoms with Crippen molar-refractivity contribution in [3.05, 3.63) is 29.8 Å². The summed E-state index contributed by atoms with van der Waals surface area (Å²) in [5.41, 5.74) is 0.973. The summed E-state index contributed by atoms with van der Waals surface area (Å²) < 4.78 is 5.18. The summed E-state index contributed by atoms with van der Waals surface area (Å²) in [5.74, 6) is -0.775. The fourth-order valence-corrected chi connectivity index (χ4v) is 4.50. The average molecular weight is 430 g/mol. The number of benzene rings is 1. The molecule has 2 aliphatic rings. The molecule has 2 N–H and O–H groups in total. The van der Waals surface area contributed by atoms with Gasteiger partial charge in [0.1, 0.15) is 0 Å². The van der Waals surface area contributed by atoms with Crippen LogP contribution < -0.4 is 10.6 Å². The van der Waals surface area contributed by atoms with Gasteiger partial charge in [0.25, 0.3) is 11.8 Å². The van der Waals surface area contributed by atoms with Gasteiger partial charge in [0.05, 0.1) is 5.92 Å². The van der Waals surface area contributed by atoms with Crippen molar-refractivity contribution in [2.45, 2.75) is 45.6 Å². The van der Waals surface area contributed by atoms with Gasteiger partial charge in [0, 0.05) is 37.3 Å². The molecule has 8 nitrogen and oxygen atoms in total. The lowest BCUT2D eigenvalue weighted by atomic mass is 9.77. The first kappa shape index (κ1) is 22.8. The van der Waals surface area contributed by atoms with E-state index in [9.17, 15) is 19.2 Å². The van der Waals surface area contributed by atoms with Crippen LogP contribution in [0.25, 0.3) is 0 Å². The summed E-state index contributed by atoms with van der Waals surface area (Å²) in [7, 11) is 1.54. The molecule has 0 radical (unpaired) electrons. The summed E-state index contributed by atoms with van der Waals surface area (Å²) >= 11 is 0. The summed E-state index contributed by atoms with van der Waals surface area (Å²) in [6.45, 7) is 4.34. The molecule has 3 amide bonds. The summed E-state index contributed by atoms with van der Waals surface area (Å²) in [4.78, 5) is 50.5. The Morgan fingerprint density at radius 2 is 1.84 bits per heavy atom. The van der Waals surface area contributed by atoms with Gasteiger partial charge in [0.15, 0.2) is 6.61 Å². The molecular formula is C23H31N3O5. The second kappa shape index (κ2) is 9.94. The molecule has 1 saturated carbocycles. The highest BCUT2D eigenvalue weighted by molar-refractivity contribution is 5.96. The van der Waals surface area contributed by atoms with Gasteiger partial charge in [-0.25, -0.2) is 0 Å². The molecule has 1 aromatic carbocycles. The van der Waals surface area contributed by atoms with E-state index in [1.54, 1.807) is 31.3 Å². The molecule has 1 aliphatic heterocycles. The van der Waals surface area contributed by atoms with E-state index < -0.39 is 24.4 Å². The Balaban J connectivity index is 1.47. The van der Waals surface area contributed by atoms with E-state index in [1.807, 2.05) is 4.90 Å². The zero-order valence-electron chi connectivity index (χ0n) is 18.3. The highest BCUT2D eigenvalue weighted by Crippen LogP contribution is 2.35. The molecule has 0 unspecified atom stereocenters. The van der Waals surface area contributed by atoms with Crippen LogP contribution in [-0.2, 0) is 19.1 Å². The molecule has 0 aromatic heterocycles. The van der Waals surface area contributed by atoms with Crippen molar-refractivity contribution in [2.24, 2.45) is 17.8 Å². The number of hydrogen-bond acceptors (Lipinski definition) is 5. The van der Waals surface area contributed by atoms with E-state index in [-0.39, 0.29) is 24.3 Å². The third-order valence-corrected chi connectivity index (χ3v) is 6.56. The number of carbonyl (C=O) groups excluding carboxylic acids is 4. The number of rotatable bonds is 6. The first-order chi connectivity index (χ1) is 14.8. The largest absolute Gasteiger partial charge is 0.455 e. The van der Waals surface area contributed by atoms with Crippen LogP contribution in [0.3, 0.4) is 0 Å². The standard InChI is InChI=1S/C23H31N3O5/c1-14-5-4-6-19(15(14)2)26-12-17(11-21(26)28)23(30)31-13-20(27)25-18-9-7-16(8-10-18)22(29)24-3/h7-10,14-15,17,19H,4-6,11-13H2,1-3H3,(H,24,29)(H,25,27)/t14-,15-,17-,19-/m1/s1. The summed E-state index contributed by atoms with van der Waals surface area (Å²) in [6, 6.07) is 6.56. The molecule has 1 saturated heterocycles. The Kier molecular flexibility index (Phi) is 7.30. The quantitative estimate of drug-likeness (QED) is 0.675. The zero-order chi connectivity index (χ0) is 22.5. The Bertz CT molecular complexity index is 838. The van der Waals surface area contributed by atoms with Crippen molar-refractivity contribution in [2.75, 3.05) is 25.5 Å². The summed E-state index contributed by atoms with van der Waals surface area (Å²) in [6.07, 6.45) is 3.38. The van der Waals surface area contributed by atoms with E-state index in [0.29, 0.717) is 29.6 Å². The van der Waals surface area contributed by atoms with Crippen molar-refractivity contribution in [1.29, 1.82) is 0 Å². The molecular weight excluding hydrogens is 398 g/mol. The number of esters is 1. The van der Waals surface area contributed by atoms with E-state index in [0.717, 1.165) is 12.8 Å². The van der Waals surface area contributed by atoms with Gasteiger partial charge in [-0.05, 0) is 42.5 Å². The molecule has 168 valence electrons. The van der Waals surface area contributed by atoms with Crippen molar-refractivity contribution < 1.29 is 23.9 Å². The number of nitrogens with zero attached hydrogens (tertiary/aromatic N) is 1. The number of hydrogen-bond donors (Lipinski definition) is 2. The Morgan fingerprint density at radius 3 is 2.52 bits per heavy atom. The smallest absolute Gasteiger partial charge is 0.311 e. The predicted octanol–water partition coefficient (Wildman–Crippen LogP) is 2.20. The first-order valence-corrected chi connectivity index (χ1v) is 10.9. The van der Waals surface area contributed by atoms with Crippen LogP contribution in [-0.4, -0.2) is 54.8 Å². The molecule has 4 atom stereocenters. The molecule has 3 rings (SSSR count). The normalized spacial score (nSPS) is 25.8. The van der Waals surface area contributed by atoms with Crippen LogP contribution in [0.1, 0.15) is 49.9 Å². The van der Waals surface area contributed by atoms with Gasteiger partial charge in [-0.2, -0.15) is 0 Å². The fraction of sp³-hybridized carbons (Fsp3) is 0.565. The van der Waals surface area contributed by atoms with Gasteiger partial charge in [-0.1, -0.05) is 26.7 Å². The van der Waals surface area contributed by atoms with Crippen molar-refractivity contribution in [1.82, 2.24) is 10.2 Å². The van der Waals surface area contributed by atoms with Crippen LogP contribution in [0.4, 0.5) is 5.69 Å². The number of carbonyl (C=O) groups is 4. The molecule has 2 fully saturated rings. The first-order valence-electron chi connectivity index (χ1n) is 10.9. The number of likely N-dealkylation sites (tertiary alicyclic amines) is 1. The Labute approximate surface area is 182 Å². The summed E-state index contributed by atoms with van der Waals surface area (Å²) in [5, 5.41) is 5.15. The molecule has 0 bridgehead atoms. The van der Waals surface area contributed by atoms with E-state index in [2.05, 4.69) is 24.5 Å². The third kappa shape index (κ3) is 5.42. The lowest BCUT2D eigenvalue weighted by Gasteiger charge is -2.39. The maximum atomic E-state index is 12.5. The second-order valence-electron chi connectivity index (χ2n) is 8.59. The van der Waals surface area contributed by atoms with Gasteiger partial charge in [-0.15, -0.1) is 0 Å². The third-order valence-electron chi connectivity index (χ3n) is 6.56. The number of anilines is 1. The van der Waals surface area contributed by atoms with Gasteiger partial charge < -0.3 is 20.3 Å². The van der Waals surface area contributed by atoms with Gasteiger partial charge >= 0.3 is 5.97 Å². The minimum atomic E-state index is -0.531. The van der Waals surface area contributed by atoms with Crippen molar-refractivity contribution >= 4 is 29.4 Å². The van der Waals surface area contributed by atoms with Crippen molar-refractivity contribution in [3.63, 3.8) is 0 Å². The van der Waals surface area contributed by atoms with Gasteiger partial charge in [-0.3, -0.25) is 19.2 Å². The van der Waals surface area contributed by atoms with Gasteiger partial charge in [0.2, 0.25) is 5.91 Å². The van der Waals surface area contributed by atoms with Crippen LogP contribution in [0.15, 0.2) is 24.3 Å². The van der Waals surface area contributed by atoms with Crippen LogP contribution in [0.5, 0.6) is 0 Å². The van der Waals surface area contributed by atoms with Crippen molar-refractivity contribution in [3.8, 4) is 0 Å². The molecule has 1 aliphatic carbocycles. The maximum absolute atomic E-state index is 12.5. The molecule has 8 heteroatoms. The van der Waals surface area contributed by atoms with Crippen LogP contribution >= 0.6 is 0 Å². The predicted molar refractivity (Wildman–Crippen MR) is 115 cm³/mol. The highest BCUT2D eigenvalue weighted by atomic mass is 16.5. The Morgan fingerprint density at radius 1 is 1.13 bits per heavy atom. The Hall–Kier alpha value is -2.90.